The van der Waals surface area contributed by atoms with Crippen molar-refractivity contribution in [1.82, 2.24) is 20.6 Å². The van der Waals surface area contributed by atoms with Gasteiger partial charge in [-0.2, -0.15) is 5.21 Å². The SMILES string of the molecule is [N-]=[N+]=Nc1nn[nH]n1.[Na]. The first-order valence-electron chi connectivity index (χ1n) is 1.72. The minimum Gasteiger partial charge on any atom is -0.177 e. The predicted molar refractivity (Wildman–Crippen MR) is 28.7 cm³/mol. The molecule has 0 atom stereocenters. The number of aromatic nitrogens is 4. The summed E-state index contributed by atoms with van der Waals surface area (Å²) in [4.78, 5) is 2.42. The molecule has 1 radical (unpaired) electrons. The van der Waals surface area contributed by atoms with Crippen molar-refractivity contribution in [3.8, 4) is 0 Å². The Morgan fingerprint density at radius 2 is 2.44 bits per heavy atom. The third-order valence-corrected chi connectivity index (χ3v) is 0.468. The second kappa shape index (κ2) is 4.28. The van der Waals surface area contributed by atoms with Crippen LogP contribution < -0.4 is 0 Å². The summed E-state index contributed by atoms with van der Waals surface area (Å²) < 4.78 is 0. The zero-order chi connectivity index (χ0) is 5.82. The Labute approximate surface area is 71.8 Å². The van der Waals surface area contributed by atoms with Crippen LogP contribution in [0.4, 0.5) is 5.95 Å². The van der Waals surface area contributed by atoms with Gasteiger partial charge in [-0.15, -0.1) is 10.2 Å². The molecule has 1 rings (SSSR count). The summed E-state index contributed by atoms with van der Waals surface area (Å²) in [7, 11) is 0. The van der Waals surface area contributed by atoms with Crippen molar-refractivity contribution in [3.05, 3.63) is 10.4 Å². The first kappa shape index (κ1) is 8.38. The fraction of sp³-hybridized carbons (Fsp3) is 0. The Kier molecular flexibility index (Phi) is 3.98. The van der Waals surface area contributed by atoms with Crippen LogP contribution in [0, 0.1) is 0 Å². The quantitative estimate of drug-likeness (QED) is 0.248. The molecule has 0 aliphatic rings. The zero-order valence-corrected chi connectivity index (χ0v) is 6.68. The standard InChI is InChI=1S/CHN7.Na/c2-6-3-1-4-7-8-5-1;/h(H,4,5,7,8);. The molecule has 0 aliphatic heterocycles. The molecule has 0 fully saturated rings. The molecule has 1 heterocycles. The van der Waals surface area contributed by atoms with E-state index in [-0.39, 0.29) is 35.5 Å². The second-order valence-electron chi connectivity index (χ2n) is 0.901. The number of rotatable bonds is 1. The minimum atomic E-state index is 0. The van der Waals surface area contributed by atoms with Gasteiger partial charge in [0.05, 0.1) is 0 Å². The molecule has 0 bridgehead atoms. The van der Waals surface area contributed by atoms with Crippen LogP contribution in [0.2, 0.25) is 0 Å². The fourth-order valence-electron chi connectivity index (χ4n) is 0.239. The van der Waals surface area contributed by atoms with E-state index in [1.807, 2.05) is 0 Å². The maximum absolute atomic E-state index is 7.77. The van der Waals surface area contributed by atoms with Gasteiger partial charge in [0.25, 0.3) is 5.95 Å². The Balaban J connectivity index is 0.000000640. The Morgan fingerprint density at radius 3 is 2.89 bits per heavy atom. The van der Waals surface area contributed by atoms with E-state index < -0.39 is 0 Å². The number of hydrogen-bond acceptors (Lipinski definition) is 4. The van der Waals surface area contributed by atoms with Gasteiger partial charge in [-0.3, -0.25) is 0 Å². The molecule has 1 aromatic rings. The predicted octanol–water partition coefficient (Wildman–Crippen LogP) is -0.239. The van der Waals surface area contributed by atoms with E-state index in [0.29, 0.717) is 0 Å². The van der Waals surface area contributed by atoms with Crippen LogP contribution in [0.3, 0.4) is 0 Å². The Morgan fingerprint density at radius 1 is 1.67 bits per heavy atom. The van der Waals surface area contributed by atoms with Crippen molar-refractivity contribution < 1.29 is 0 Å². The van der Waals surface area contributed by atoms with E-state index >= 15 is 0 Å². The molecule has 41 valence electrons. The second-order valence-corrected chi connectivity index (χ2v) is 0.901. The van der Waals surface area contributed by atoms with Crippen LogP contribution in [0.15, 0.2) is 5.11 Å². The molecule has 0 unspecified atom stereocenters. The summed E-state index contributed by atoms with van der Waals surface area (Å²) in [6.45, 7) is 0. The third kappa shape index (κ3) is 2.43. The van der Waals surface area contributed by atoms with E-state index in [0.717, 1.165) is 0 Å². The number of nitrogens with zero attached hydrogens (tertiary/aromatic N) is 6. The summed E-state index contributed by atoms with van der Waals surface area (Å²) >= 11 is 0. The summed E-state index contributed by atoms with van der Waals surface area (Å²) in [6, 6.07) is 0. The molecule has 0 spiro atoms. The van der Waals surface area contributed by atoms with E-state index in [4.69, 9.17) is 5.53 Å². The van der Waals surface area contributed by atoms with Crippen LogP contribution >= 0.6 is 0 Å². The topological polar surface area (TPSA) is 103 Å². The largest absolute Gasteiger partial charge is 0.260 e. The summed E-state index contributed by atoms with van der Waals surface area (Å²) in [6.07, 6.45) is 0. The normalized spacial score (nSPS) is 7.11. The van der Waals surface area contributed by atoms with E-state index in [2.05, 4.69) is 30.7 Å². The number of H-pyrrole nitrogens is 1. The average Bonchev–Trinajstić information content (AvgIpc) is 2.19. The van der Waals surface area contributed by atoms with E-state index in [1.165, 1.54) is 0 Å². The molecule has 9 heavy (non-hydrogen) atoms. The number of nitrogens with one attached hydrogen (secondary N) is 1. The molecule has 8 heteroatoms. The van der Waals surface area contributed by atoms with E-state index in [1.54, 1.807) is 0 Å². The molecule has 1 aromatic heterocycles. The van der Waals surface area contributed by atoms with Crippen molar-refractivity contribution in [2.24, 2.45) is 5.11 Å². The van der Waals surface area contributed by atoms with Gasteiger partial charge >= 0.3 is 0 Å². The van der Waals surface area contributed by atoms with Gasteiger partial charge in [0.1, 0.15) is 0 Å². The minimum absolute atomic E-state index is 0. The van der Waals surface area contributed by atoms with Crippen molar-refractivity contribution in [3.63, 3.8) is 0 Å². The molecular formula is CHN7Na. The number of azide groups is 1. The van der Waals surface area contributed by atoms with Crippen LogP contribution in [-0.4, -0.2) is 50.2 Å². The van der Waals surface area contributed by atoms with Gasteiger partial charge in [-0.05, 0) is 15.9 Å². The number of aromatic amines is 1. The van der Waals surface area contributed by atoms with Crippen molar-refractivity contribution in [2.75, 3.05) is 0 Å². The number of hydrogen-bond donors (Lipinski definition) is 1. The summed E-state index contributed by atoms with van der Waals surface area (Å²) in [5.74, 6) is 0.00694. The van der Waals surface area contributed by atoms with Gasteiger partial charge in [-0.1, -0.05) is 0 Å². The Bertz CT molecular complexity index is 195. The van der Waals surface area contributed by atoms with Crippen molar-refractivity contribution in [2.45, 2.75) is 0 Å². The zero-order valence-electron chi connectivity index (χ0n) is 4.68. The molecule has 0 amide bonds. The van der Waals surface area contributed by atoms with Crippen molar-refractivity contribution >= 4 is 35.5 Å². The molecular weight excluding hydrogens is 133 g/mol. The van der Waals surface area contributed by atoms with Gasteiger partial charge in [0.15, 0.2) is 0 Å². The van der Waals surface area contributed by atoms with E-state index in [9.17, 15) is 0 Å². The Hall–Kier alpha value is -0.620. The summed E-state index contributed by atoms with van der Waals surface area (Å²) in [5, 5.41) is 15.0. The van der Waals surface area contributed by atoms with Crippen LogP contribution in [0.25, 0.3) is 10.4 Å². The smallest absolute Gasteiger partial charge is 0.177 e. The van der Waals surface area contributed by atoms with Crippen LogP contribution in [-0.2, 0) is 0 Å². The average molecular weight is 134 g/mol. The fourth-order valence-corrected chi connectivity index (χ4v) is 0.239. The van der Waals surface area contributed by atoms with Crippen LogP contribution in [0.5, 0.6) is 0 Å². The molecule has 7 nitrogen and oxygen atoms in total. The monoisotopic (exact) mass is 134 g/mol. The number of tetrazole rings is 1. The molecule has 0 saturated heterocycles. The van der Waals surface area contributed by atoms with Crippen LogP contribution in [0.1, 0.15) is 0 Å². The van der Waals surface area contributed by atoms with Gasteiger partial charge < -0.3 is 0 Å². The maximum atomic E-state index is 7.77. The van der Waals surface area contributed by atoms with Crippen molar-refractivity contribution in [1.29, 1.82) is 0 Å². The van der Waals surface area contributed by atoms with Gasteiger partial charge in [0.2, 0.25) is 0 Å². The molecule has 1 N–H and O–H groups in total. The maximum Gasteiger partial charge on any atom is 0.260 e. The van der Waals surface area contributed by atoms with Gasteiger partial charge in [-0.25, -0.2) is 0 Å². The first-order chi connectivity index (χ1) is 3.93. The summed E-state index contributed by atoms with van der Waals surface area (Å²) in [5.41, 5.74) is 7.77. The van der Waals surface area contributed by atoms with Gasteiger partial charge in [0, 0.05) is 34.5 Å². The molecule has 0 aliphatic carbocycles. The third-order valence-electron chi connectivity index (χ3n) is 0.468. The molecule has 0 aromatic carbocycles. The molecule has 0 saturated carbocycles. The first-order valence-corrected chi connectivity index (χ1v) is 1.72.